The molecule has 0 atom stereocenters. The maximum absolute atomic E-state index is 5.84. The van der Waals surface area contributed by atoms with E-state index in [1.165, 1.54) is 0 Å². The summed E-state index contributed by atoms with van der Waals surface area (Å²) in [5, 5.41) is 0. The van der Waals surface area contributed by atoms with Gasteiger partial charge in [-0.2, -0.15) is 0 Å². The minimum atomic E-state index is 0.494. The van der Waals surface area contributed by atoms with E-state index in [4.69, 9.17) is 15.2 Å². The Morgan fingerprint density at radius 1 is 1.10 bits per heavy atom. The number of hydrogen-bond donors (Lipinski definition) is 1. The van der Waals surface area contributed by atoms with Gasteiger partial charge in [0.2, 0.25) is 0 Å². The first-order valence-electron chi connectivity index (χ1n) is 6.47. The molecule has 0 spiro atoms. The summed E-state index contributed by atoms with van der Waals surface area (Å²) in [5.41, 5.74) is 7.81. The average Bonchev–Trinajstić information content (AvgIpc) is 2.47. The van der Waals surface area contributed by atoms with Gasteiger partial charge in [0.25, 0.3) is 0 Å². The van der Waals surface area contributed by atoms with Gasteiger partial charge >= 0.3 is 0 Å². The second kappa shape index (κ2) is 7.31. The minimum Gasteiger partial charge on any atom is -0.493 e. The van der Waals surface area contributed by atoms with E-state index in [1.807, 2.05) is 42.5 Å². The van der Waals surface area contributed by atoms with Crippen molar-refractivity contribution in [2.24, 2.45) is 5.73 Å². The normalized spacial score (nSPS) is 10.3. The molecule has 2 aromatic carbocycles. The van der Waals surface area contributed by atoms with E-state index < -0.39 is 0 Å². The lowest BCUT2D eigenvalue weighted by atomic mass is 10.1. The largest absolute Gasteiger partial charge is 0.493 e. The Bertz CT molecular complexity index is 572. The Morgan fingerprint density at radius 3 is 2.60 bits per heavy atom. The Balaban J connectivity index is 2.11. The van der Waals surface area contributed by atoms with Crippen LogP contribution in [0.5, 0.6) is 11.5 Å². The van der Waals surface area contributed by atoms with Crippen molar-refractivity contribution in [1.29, 1.82) is 0 Å². The molecule has 0 aromatic heterocycles. The third kappa shape index (κ3) is 3.74. The Hall–Kier alpha value is -1.52. The number of nitrogens with two attached hydrogens (primary N) is 1. The molecule has 4 heteroatoms. The predicted molar refractivity (Wildman–Crippen MR) is 84.2 cm³/mol. The second-order valence-electron chi connectivity index (χ2n) is 4.40. The van der Waals surface area contributed by atoms with Crippen LogP contribution in [-0.4, -0.2) is 13.7 Å². The molecule has 0 heterocycles. The lowest BCUT2D eigenvalue weighted by Gasteiger charge is -2.12. The van der Waals surface area contributed by atoms with Crippen LogP contribution in [0.2, 0.25) is 0 Å². The van der Waals surface area contributed by atoms with Crippen LogP contribution in [0.1, 0.15) is 11.1 Å². The van der Waals surface area contributed by atoms with E-state index in [0.29, 0.717) is 13.2 Å². The molecule has 0 aliphatic rings. The van der Waals surface area contributed by atoms with Crippen LogP contribution in [-0.2, 0) is 13.0 Å². The fraction of sp³-hybridized carbons (Fsp3) is 0.250. The lowest BCUT2D eigenvalue weighted by Crippen LogP contribution is -2.03. The molecule has 2 rings (SSSR count). The van der Waals surface area contributed by atoms with E-state index in [9.17, 15) is 0 Å². The molecule has 0 aliphatic carbocycles. The number of rotatable bonds is 6. The van der Waals surface area contributed by atoms with Crippen molar-refractivity contribution >= 4 is 15.9 Å². The highest BCUT2D eigenvalue weighted by Gasteiger charge is 2.07. The summed E-state index contributed by atoms with van der Waals surface area (Å²) in [6.45, 7) is 1.12. The van der Waals surface area contributed by atoms with Gasteiger partial charge in [0, 0.05) is 10.0 Å². The molecule has 0 unspecified atom stereocenters. The summed E-state index contributed by atoms with van der Waals surface area (Å²) in [6.07, 6.45) is 0.834. The van der Waals surface area contributed by atoms with Crippen molar-refractivity contribution in [3.63, 3.8) is 0 Å². The molecule has 0 radical (unpaired) electrons. The highest BCUT2D eigenvalue weighted by Crippen LogP contribution is 2.29. The Labute approximate surface area is 127 Å². The molecule has 0 saturated carbocycles. The van der Waals surface area contributed by atoms with Crippen molar-refractivity contribution in [2.45, 2.75) is 13.0 Å². The smallest absolute Gasteiger partial charge is 0.161 e. The van der Waals surface area contributed by atoms with Crippen LogP contribution in [0.15, 0.2) is 46.9 Å². The molecular formula is C16H18BrNO2. The van der Waals surface area contributed by atoms with Crippen molar-refractivity contribution in [1.82, 2.24) is 0 Å². The molecule has 0 saturated heterocycles. The number of ether oxygens (including phenoxy) is 2. The number of benzene rings is 2. The predicted octanol–water partition coefficient (Wildman–Crippen LogP) is 3.54. The first-order chi connectivity index (χ1) is 9.74. The number of methoxy groups -OCH3 is 1. The summed E-state index contributed by atoms with van der Waals surface area (Å²) >= 11 is 3.51. The molecular weight excluding hydrogens is 318 g/mol. The minimum absolute atomic E-state index is 0.494. The van der Waals surface area contributed by atoms with E-state index in [2.05, 4.69) is 15.9 Å². The summed E-state index contributed by atoms with van der Waals surface area (Å²) in [5.74, 6) is 1.48. The van der Waals surface area contributed by atoms with Gasteiger partial charge in [0.05, 0.1) is 7.11 Å². The fourth-order valence-corrected chi connectivity index (χ4v) is 2.32. The van der Waals surface area contributed by atoms with Gasteiger partial charge in [-0.1, -0.05) is 40.2 Å². The molecule has 2 N–H and O–H groups in total. The quantitative estimate of drug-likeness (QED) is 0.878. The number of halogens is 1. The maximum atomic E-state index is 5.84. The average molecular weight is 336 g/mol. The molecule has 20 heavy (non-hydrogen) atoms. The monoisotopic (exact) mass is 335 g/mol. The second-order valence-corrected chi connectivity index (χ2v) is 5.26. The van der Waals surface area contributed by atoms with Gasteiger partial charge in [0.15, 0.2) is 11.5 Å². The van der Waals surface area contributed by atoms with Gasteiger partial charge in [-0.25, -0.2) is 0 Å². The highest BCUT2D eigenvalue weighted by atomic mass is 79.9. The van der Waals surface area contributed by atoms with Gasteiger partial charge in [-0.05, 0) is 36.7 Å². The standard InChI is InChI=1S/C16H18BrNO2/c1-19-16-10-12(8-9-18)6-7-15(16)20-11-13-4-2-3-5-14(13)17/h2-7,10H,8-9,11,18H2,1H3. The van der Waals surface area contributed by atoms with E-state index in [0.717, 1.165) is 33.5 Å². The van der Waals surface area contributed by atoms with Crippen LogP contribution in [0.4, 0.5) is 0 Å². The third-order valence-corrected chi connectivity index (χ3v) is 3.78. The fourth-order valence-electron chi connectivity index (χ4n) is 1.92. The van der Waals surface area contributed by atoms with Crippen LogP contribution in [0, 0.1) is 0 Å². The van der Waals surface area contributed by atoms with Crippen molar-refractivity contribution in [3.8, 4) is 11.5 Å². The lowest BCUT2D eigenvalue weighted by molar-refractivity contribution is 0.283. The summed E-state index contributed by atoms with van der Waals surface area (Å²) in [6, 6.07) is 13.9. The molecule has 0 bridgehead atoms. The van der Waals surface area contributed by atoms with E-state index in [1.54, 1.807) is 7.11 Å². The zero-order chi connectivity index (χ0) is 14.4. The summed E-state index contributed by atoms with van der Waals surface area (Å²) < 4.78 is 12.3. The Morgan fingerprint density at radius 2 is 1.90 bits per heavy atom. The molecule has 106 valence electrons. The summed E-state index contributed by atoms with van der Waals surface area (Å²) in [7, 11) is 1.65. The topological polar surface area (TPSA) is 44.5 Å². The first-order valence-corrected chi connectivity index (χ1v) is 7.27. The molecule has 0 aliphatic heterocycles. The number of hydrogen-bond acceptors (Lipinski definition) is 3. The van der Waals surface area contributed by atoms with Crippen molar-refractivity contribution < 1.29 is 9.47 Å². The molecule has 0 fully saturated rings. The summed E-state index contributed by atoms with van der Waals surface area (Å²) in [4.78, 5) is 0. The van der Waals surface area contributed by atoms with Crippen molar-refractivity contribution in [2.75, 3.05) is 13.7 Å². The van der Waals surface area contributed by atoms with Crippen LogP contribution in [0.3, 0.4) is 0 Å². The zero-order valence-electron chi connectivity index (χ0n) is 11.4. The van der Waals surface area contributed by atoms with Gasteiger partial charge in [-0.15, -0.1) is 0 Å². The van der Waals surface area contributed by atoms with E-state index >= 15 is 0 Å². The van der Waals surface area contributed by atoms with E-state index in [-0.39, 0.29) is 0 Å². The third-order valence-electron chi connectivity index (χ3n) is 3.00. The molecule has 3 nitrogen and oxygen atoms in total. The van der Waals surface area contributed by atoms with Crippen LogP contribution < -0.4 is 15.2 Å². The van der Waals surface area contributed by atoms with Crippen LogP contribution >= 0.6 is 15.9 Å². The Kier molecular flexibility index (Phi) is 5.44. The van der Waals surface area contributed by atoms with Crippen LogP contribution in [0.25, 0.3) is 0 Å². The maximum Gasteiger partial charge on any atom is 0.161 e. The zero-order valence-corrected chi connectivity index (χ0v) is 13.0. The molecule has 0 amide bonds. The molecule has 2 aromatic rings. The van der Waals surface area contributed by atoms with Gasteiger partial charge in [0.1, 0.15) is 6.61 Å². The van der Waals surface area contributed by atoms with Gasteiger partial charge in [-0.3, -0.25) is 0 Å². The highest BCUT2D eigenvalue weighted by molar-refractivity contribution is 9.10. The van der Waals surface area contributed by atoms with Gasteiger partial charge < -0.3 is 15.2 Å². The van der Waals surface area contributed by atoms with Crippen molar-refractivity contribution in [3.05, 3.63) is 58.1 Å². The first kappa shape index (κ1) is 14.9. The SMILES string of the molecule is COc1cc(CCN)ccc1OCc1ccccc1Br.